The third-order valence-corrected chi connectivity index (χ3v) is 2.76. The van der Waals surface area contributed by atoms with Crippen molar-refractivity contribution < 1.29 is 0 Å². The molecule has 0 aliphatic heterocycles. The highest BCUT2D eigenvalue weighted by molar-refractivity contribution is 9.10. The predicted molar refractivity (Wildman–Crippen MR) is 76.6 cm³/mol. The topological polar surface area (TPSA) is 38.0 Å². The van der Waals surface area contributed by atoms with E-state index in [-0.39, 0.29) is 0 Å². The number of nitrogens with one attached hydrogen (secondary N) is 1. The summed E-state index contributed by atoms with van der Waals surface area (Å²) in [4.78, 5) is 0. The Balaban J connectivity index is 0.00000106. The normalized spacial score (nSPS) is 9.56. The molecule has 0 heterocycles. The van der Waals surface area contributed by atoms with Crippen LogP contribution in [0.15, 0.2) is 16.6 Å². The maximum absolute atomic E-state index is 5.95. The van der Waals surface area contributed by atoms with E-state index < -0.39 is 0 Å². The first-order valence-corrected chi connectivity index (χ1v) is 6.69. The van der Waals surface area contributed by atoms with Gasteiger partial charge in [0, 0.05) is 11.0 Å². The SMILES string of the molecule is CC.CCCNCc1cc(C)cc(Br)c1N. The van der Waals surface area contributed by atoms with E-state index in [4.69, 9.17) is 5.73 Å². The van der Waals surface area contributed by atoms with Crippen molar-refractivity contribution >= 4 is 21.6 Å². The van der Waals surface area contributed by atoms with Crippen LogP contribution >= 0.6 is 15.9 Å². The van der Waals surface area contributed by atoms with Gasteiger partial charge in [0.2, 0.25) is 0 Å². The lowest BCUT2D eigenvalue weighted by molar-refractivity contribution is 0.676. The summed E-state index contributed by atoms with van der Waals surface area (Å²) >= 11 is 3.45. The van der Waals surface area contributed by atoms with Gasteiger partial charge in [0.05, 0.1) is 5.69 Å². The number of nitrogens with two attached hydrogens (primary N) is 1. The minimum atomic E-state index is 0.846. The molecule has 1 aromatic carbocycles. The van der Waals surface area contributed by atoms with E-state index in [0.717, 1.165) is 29.7 Å². The molecular weight excluding hydrogens is 264 g/mol. The fraction of sp³-hybridized carbons (Fsp3) is 0.538. The van der Waals surface area contributed by atoms with Gasteiger partial charge < -0.3 is 11.1 Å². The van der Waals surface area contributed by atoms with Crippen molar-refractivity contribution in [2.45, 2.75) is 40.7 Å². The highest BCUT2D eigenvalue weighted by Crippen LogP contribution is 2.25. The Labute approximate surface area is 108 Å². The molecule has 3 heteroatoms. The smallest absolute Gasteiger partial charge is 0.0504 e. The highest BCUT2D eigenvalue weighted by atomic mass is 79.9. The Morgan fingerprint density at radius 1 is 1.31 bits per heavy atom. The summed E-state index contributed by atoms with van der Waals surface area (Å²) in [5.41, 5.74) is 9.20. The quantitative estimate of drug-likeness (QED) is 0.651. The highest BCUT2D eigenvalue weighted by Gasteiger charge is 2.03. The van der Waals surface area contributed by atoms with Gasteiger partial charge in [-0.15, -0.1) is 0 Å². The van der Waals surface area contributed by atoms with Gasteiger partial charge in [-0.25, -0.2) is 0 Å². The van der Waals surface area contributed by atoms with Crippen LogP contribution in [0.1, 0.15) is 38.3 Å². The Kier molecular flexibility index (Phi) is 8.30. The molecule has 0 amide bonds. The maximum atomic E-state index is 5.95. The van der Waals surface area contributed by atoms with E-state index in [1.165, 1.54) is 11.1 Å². The van der Waals surface area contributed by atoms with Crippen LogP contribution in [0, 0.1) is 6.92 Å². The number of hydrogen-bond acceptors (Lipinski definition) is 2. The number of aryl methyl sites for hydroxylation is 1. The third-order valence-electron chi connectivity index (χ3n) is 2.10. The van der Waals surface area contributed by atoms with Gasteiger partial charge >= 0.3 is 0 Å². The molecule has 16 heavy (non-hydrogen) atoms. The molecule has 0 saturated carbocycles. The molecule has 0 bridgehead atoms. The molecule has 1 rings (SSSR count). The Morgan fingerprint density at radius 3 is 2.50 bits per heavy atom. The van der Waals surface area contributed by atoms with E-state index in [9.17, 15) is 0 Å². The zero-order valence-corrected chi connectivity index (χ0v) is 12.3. The molecule has 92 valence electrons. The molecule has 0 spiro atoms. The van der Waals surface area contributed by atoms with Crippen molar-refractivity contribution in [2.75, 3.05) is 12.3 Å². The van der Waals surface area contributed by atoms with Crippen LogP contribution in [0.3, 0.4) is 0 Å². The van der Waals surface area contributed by atoms with Gasteiger partial charge in [-0.05, 0) is 53.0 Å². The average Bonchev–Trinajstić information content (AvgIpc) is 2.28. The number of benzene rings is 1. The molecule has 0 saturated heterocycles. The zero-order valence-electron chi connectivity index (χ0n) is 10.7. The molecule has 1 aromatic rings. The van der Waals surface area contributed by atoms with Crippen LogP contribution in [0.5, 0.6) is 0 Å². The molecule has 0 aromatic heterocycles. The molecule has 0 aliphatic carbocycles. The van der Waals surface area contributed by atoms with E-state index in [1.807, 2.05) is 19.9 Å². The number of anilines is 1. The predicted octanol–water partition coefficient (Wildman–Crippen LogP) is 3.87. The number of nitrogen functional groups attached to an aromatic ring is 1. The summed E-state index contributed by atoms with van der Waals surface area (Å²) in [5, 5.41) is 3.35. The van der Waals surface area contributed by atoms with Crippen LogP contribution in [0.4, 0.5) is 5.69 Å². The summed E-state index contributed by atoms with van der Waals surface area (Å²) in [6, 6.07) is 4.17. The minimum Gasteiger partial charge on any atom is -0.398 e. The summed E-state index contributed by atoms with van der Waals surface area (Å²) < 4.78 is 0.991. The molecule has 0 fully saturated rings. The first-order chi connectivity index (χ1) is 7.65. The summed E-state index contributed by atoms with van der Waals surface area (Å²) in [7, 11) is 0. The van der Waals surface area contributed by atoms with Gasteiger partial charge in [0.1, 0.15) is 0 Å². The second-order valence-electron chi connectivity index (χ2n) is 3.50. The standard InChI is InChI=1S/C11H17BrN2.C2H6/c1-3-4-14-7-9-5-8(2)6-10(12)11(9)13;1-2/h5-6,14H,3-4,7,13H2,1-2H3;1-2H3. The maximum Gasteiger partial charge on any atom is 0.0504 e. The van der Waals surface area contributed by atoms with E-state index >= 15 is 0 Å². The third kappa shape index (κ3) is 4.99. The van der Waals surface area contributed by atoms with Crippen LogP contribution in [0.2, 0.25) is 0 Å². The number of hydrogen-bond donors (Lipinski definition) is 2. The largest absolute Gasteiger partial charge is 0.398 e. The van der Waals surface area contributed by atoms with Crippen molar-refractivity contribution in [3.8, 4) is 0 Å². The first-order valence-electron chi connectivity index (χ1n) is 5.90. The summed E-state index contributed by atoms with van der Waals surface area (Å²) in [6.45, 7) is 10.1. The minimum absolute atomic E-state index is 0.846. The van der Waals surface area contributed by atoms with E-state index in [0.29, 0.717) is 0 Å². The van der Waals surface area contributed by atoms with Crippen molar-refractivity contribution in [3.63, 3.8) is 0 Å². The lowest BCUT2D eigenvalue weighted by Crippen LogP contribution is -2.15. The van der Waals surface area contributed by atoms with Gasteiger partial charge in [0.25, 0.3) is 0 Å². The fourth-order valence-electron chi connectivity index (χ4n) is 1.37. The summed E-state index contributed by atoms with van der Waals surface area (Å²) in [6.07, 6.45) is 1.15. The molecule has 2 nitrogen and oxygen atoms in total. The Bertz CT molecular complexity index is 311. The second-order valence-corrected chi connectivity index (χ2v) is 4.35. The van der Waals surface area contributed by atoms with Crippen LogP contribution < -0.4 is 11.1 Å². The Hall–Kier alpha value is -0.540. The van der Waals surface area contributed by atoms with Crippen molar-refractivity contribution in [2.24, 2.45) is 0 Å². The lowest BCUT2D eigenvalue weighted by atomic mass is 10.1. The van der Waals surface area contributed by atoms with Gasteiger partial charge in [-0.3, -0.25) is 0 Å². The second kappa shape index (κ2) is 8.59. The van der Waals surface area contributed by atoms with Crippen LogP contribution in [0.25, 0.3) is 0 Å². The molecule has 0 atom stereocenters. The fourth-order valence-corrected chi connectivity index (χ4v) is 1.99. The molecule has 0 radical (unpaired) electrons. The van der Waals surface area contributed by atoms with Crippen molar-refractivity contribution in [3.05, 3.63) is 27.7 Å². The van der Waals surface area contributed by atoms with Gasteiger partial charge in [-0.1, -0.05) is 26.8 Å². The molecular formula is C13H23BrN2. The average molecular weight is 287 g/mol. The molecule has 0 unspecified atom stereocenters. The number of rotatable bonds is 4. The van der Waals surface area contributed by atoms with Crippen molar-refractivity contribution in [1.29, 1.82) is 0 Å². The van der Waals surface area contributed by atoms with Gasteiger partial charge in [0.15, 0.2) is 0 Å². The monoisotopic (exact) mass is 286 g/mol. The zero-order chi connectivity index (χ0) is 12.6. The van der Waals surface area contributed by atoms with Crippen LogP contribution in [-0.4, -0.2) is 6.54 Å². The Morgan fingerprint density at radius 2 is 1.94 bits per heavy atom. The number of halogens is 1. The summed E-state index contributed by atoms with van der Waals surface area (Å²) in [5.74, 6) is 0. The first kappa shape index (κ1) is 15.5. The lowest BCUT2D eigenvalue weighted by Gasteiger charge is -2.09. The molecule has 0 aliphatic rings. The van der Waals surface area contributed by atoms with Crippen molar-refractivity contribution in [1.82, 2.24) is 5.32 Å². The molecule has 3 N–H and O–H groups in total. The van der Waals surface area contributed by atoms with Gasteiger partial charge in [-0.2, -0.15) is 0 Å². The van der Waals surface area contributed by atoms with E-state index in [2.05, 4.69) is 41.2 Å². The van der Waals surface area contributed by atoms with Crippen LogP contribution in [-0.2, 0) is 6.54 Å². The van der Waals surface area contributed by atoms with E-state index in [1.54, 1.807) is 0 Å².